The van der Waals surface area contributed by atoms with Crippen LogP contribution in [0, 0.1) is 6.92 Å². The minimum Gasteiger partial charge on any atom is -0.343 e. The molecular weight excluding hydrogens is 811 g/mol. The van der Waals surface area contributed by atoms with Gasteiger partial charge in [0.15, 0.2) is 0 Å². The number of aromatic nitrogens is 2. The molecule has 0 amide bonds. The van der Waals surface area contributed by atoms with Gasteiger partial charge < -0.3 is 14.0 Å². The Morgan fingerprint density at radius 1 is 0.328 bits per heavy atom. The van der Waals surface area contributed by atoms with E-state index in [0.717, 1.165) is 28.3 Å². The number of anilines is 3. The van der Waals surface area contributed by atoms with Gasteiger partial charge in [0.2, 0.25) is 0 Å². The second kappa shape index (κ2) is 15.5. The van der Waals surface area contributed by atoms with E-state index in [1.165, 1.54) is 98.5 Å². The molecule has 0 spiro atoms. The first-order valence-corrected chi connectivity index (χ1v) is 23.1. The summed E-state index contributed by atoms with van der Waals surface area (Å²) in [4.78, 5) is 2.40. The Hall–Kier alpha value is -8.66. The van der Waals surface area contributed by atoms with Gasteiger partial charge in [0.1, 0.15) is 0 Å². The van der Waals surface area contributed by atoms with E-state index in [-0.39, 0.29) is 0 Å². The summed E-state index contributed by atoms with van der Waals surface area (Å²) in [6.45, 7) is 2.22. The predicted octanol–water partition coefficient (Wildman–Crippen LogP) is 17.5. The molecule has 0 bridgehead atoms. The molecule has 0 atom stereocenters. The second-order valence-corrected chi connectivity index (χ2v) is 17.8. The second-order valence-electron chi connectivity index (χ2n) is 17.8. The van der Waals surface area contributed by atoms with Gasteiger partial charge in [0.05, 0.1) is 22.2 Å². The molecule has 316 valence electrons. The van der Waals surface area contributed by atoms with Crippen LogP contribution in [0.25, 0.3) is 104 Å². The van der Waals surface area contributed by atoms with E-state index in [1.54, 1.807) is 0 Å². The minimum absolute atomic E-state index is 1.09. The third-order valence-electron chi connectivity index (χ3n) is 14.1. The summed E-state index contributed by atoms with van der Waals surface area (Å²) in [6, 6.07) is 86.9. The lowest BCUT2D eigenvalue weighted by Gasteiger charge is -2.26. The van der Waals surface area contributed by atoms with Crippen LogP contribution in [0.4, 0.5) is 17.1 Å². The summed E-state index contributed by atoms with van der Waals surface area (Å²) in [6.07, 6.45) is 0. The fraction of sp³-hybridized carbons (Fsp3) is 0.0312. The number of benzene rings is 11. The van der Waals surface area contributed by atoms with E-state index in [2.05, 4.69) is 265 Å². The molecule has 13 aromatic rings. The number of aryl methyl sites for hydroxylation is 2. The van der Waals surface area contributed by atoms with Gasteiger partial charge in [0.25, 0.3) is 0 Å². The lowest BCUT2D eigenvalue weighted by atomic mass is 9.93. The summed E-state index contributed by atoms with van der Waals surface area (Å²) in [5.74, 6) is 0. The number of hydrogen-bond acceptors (Lipinski definition) is 1. The van der Waals surface area contributed by atoms with Crippen LogP contribution < -0.4 is 4.90 Å². The van der Waals surface area contributed by atoms with Crippen molar-refractivity contribution < 1.29 is 0 Å². The van der Waals surface area contributed by atoms with Crippen molar-refractivity contribution in [2.75, 3.05) is 4.90 Å². The van der Waals surface area contributed by atoms with Crippen molar-refractivity contribution in [3.63, 3.8) is 0 Å². The van der Waals surface area contributed by atoms with Crippen LogP contribution >= 0.6 is 0 Å². The van der Waals surface area contributed by atoms with E-state index in [4.69, 9.17) is 0 Å². The van der Waals surface area contributed by atoms with E-state index < -0.39 is 0 Å². The lowest BCUT2D eigenvalue weighted by molar-refractivity contribution is 1.01. The molecular formula is C64H45N3. The van der Waals surface area contributed by atoms with Crippen molar-refractivity contribution in [3.05, 3.63) is 242 Å². The molecule has 0 saturated carbocycles. The molecule has 0 fully saturated rings. The normalized spacial score (nSPS) is 11.7. The standard InChI is InChI=1S/C64H45N3/c1-42-26-27-47(40-58(42)57-21-13-20-56-55-19-6-9-22-60(55)65(2)64(56)57)43-30-35-48(36-31-43)66(50-39-34-46-29-28-44-14-3-4-15-51(44)59(46)41-50)49-37-32-45(33-38-49)52-16-5-10-23-61(52)67-62-24-11-7-17-53(62)54-18-8-12-25-63(54)67/h3-41H,1-2H3. The van der Waals surface area contributed by atoms with Gasteiger partial charge in [-0.05, 0) is 123 Å². The molecule has 3 nitrogen and oxygen atoms in total. The molecule has 13 rings (SSSR count). The van der Waals surface area contributed by atoms with Gasteiger partial charge in [-0.25, -0.2) is 0 Å². The SMILES string of the molecule is Cc1ccc(-c2ccc(N(c3ccc(-c4ccccc4-n4c5ccccc5c5ccccc54)cc3)c3ccc4ccc5ccccc5c4c3)cc2)cc1-c1cccc2c3ccccc3n(C)c12. The highest BCUT2D eigenvalue weighted by Crippen LogP contribution is 2.43. The molecule has 67 heavy (non-hydrogen) atoms. The highest BCUT2D eigenvalue weighted by atomic mass is 15.1. The van der Waals surface area contributed by atoms with Crippen molar-refractivity contribution in [2.45, 2.75) is 6.92 Å². The average Bonchev–Trinajstić information content (AvgIpc) is 3.88. The van der Waals surface area contributed by atoms with Gasteiger partial charge in [-0.2, -0.15) is 0 Å². The zero-order chi connectivity index (χ0) is 44.6. The zero-order valence-electron chi connectivity index (χ0n) is 37.4. The molecule has 2 aromatic heterocycles. The van der Waals surface area contributed by atoms with Gasteiger partial charge in [-0.3, -0.25) is 0 Å². The van der Waals surface area contributed by atoms with E-state index in [9.17, 15) is 0 Å². The number of rotatable bonds is 7. The number of fused-ring (bicyclic) bond motifs is 9. The number of nitrogens with zero attached hydrogens (tertiary/aromatic N) is 3. The smallest absolute Gasteiger partial charge is 0.0568 e. The molecule has 0 radical (unpaired) electrons. The summed E-state index contributed by atoms with van der Waals surface area (Å²) < 4.78 is 4.77. The van der Waals surface area contributed by atoms with Crippen molar-refractivity contribution in [1.82, 2.24) is 9.13 Å². The monoisotopic (exact) mass is 855 g/mol. The van der Waals surface area contributed by atoms with Crippen LogP contribution in [0.1, 0.15) is 5.56 Å². The topological polar surface area (TPSA) is 13.1 Å². The molecule has 0 aliphatic rings. The van der Waals surface area contributed by atoms with Gasteiger partial charge >= 0.3 is 0 Å². The van der Waals surface area contributed by atoms with Crippen LogP contribution in [0.2, 0.25) is 0 Å². The Morgan fingerprint density at radius 3 is 1.55 bits per heavy atom. The predicted molar refractivity (Wildman–Crippen MR) is 286 cm³/mol. The number of hydrogen-bond donors (Lipinski definition) is 0. The third kappa shape index (κ3) is 6.27. The van der Waals surface area contributed by atoms with E-state index in [0.29, 0.717) is 0 Å². The molecule has 0 aliphatic heterocycles. The van der Waals surface area contributed by atoms with Crippen molar-refractivity contribution in [3.8, 4) is 39.1 Å². The van der Waals surface area contributed by atoms with E-state index >= 15 is 0 Å². The quantitative estimate of drug-likeness (QED) is 0.146. The molecule has 11 aromatic carbocycles. The largest absolute Gasteiger partial charge is 0.343 e. The van der Waals surface area contributed by atoms with Gasteiger partial charge in [0, 0.05) is 62.3 Å². The number of para-hydroxylation sites is 5. The maximum absolute atomic E-state index is 2.42. The summed E-state index contributed by atoms with van der Waals surface area (Å²) in [5.41, 5.74) is 17.8. The Labute approximate surface area is 389 Å². The Kier molecular flexibility index (Phi) is 8.97. The fourth-order valence-electron chi connectivity index (χ4n) is 10.8. The Bertz CT molecular complexity index is 4000. The van der Waals surface area contributed by atoms with Gasteiger partial charge in [-0.15, -0.1) is 0 Å². The molecule has 0 aliphatic carbocycles. The summed E-state index contributed by atoms with van der Waals surface area (Å²) >= 11 is 0. The molecule has 0 N–H and O–H groups in total. The maximum atomic E-state index is 2.42. The summed E-state index contributed by atoms with van der Waals surface area (Å²) in [5, 5.41) is 10.0. The first-order chi connectivity index (χ1) is 33.1. The molecule has 2 heterocycles. The van der Waals surface area contributed by atoms with Crippen LogP contribution in [0.3, 0.4) is 0 Å². The van der Waals surface area contributed by atoms with Crippen LogP contribution in [-0.4, -0.2) is 9.13 Å². The Morgan fingerprint density at radius 2 is 0.836 bits per heavy atom. The van der Waals surface area contributed by atoms with Crippen LogP contribution in [-0.2, 0) is 7.05 Å². The highest BCUT2D eigenvalue weighted by molar-refractivity contribution is 6.13. The summed E-state index contributed by atoms with van der Waals surface area (Å²) in [7, 11) is 2.19. The Balaban J connectivity index is 0.919. The molecule has 3 heteroatoms. The zero-order valence-corrected chi connectivity index (χ0v) is 37.4. The average molecular weight is 856 g/mol. The maximum Gasteiger partial charge on any atom is 0.0568 e. The van der Waals surface area contributed by atoms with Crippen molar-refractivity contribution >= 4 is 82.2 Å². The van der Waals surface area contributed by atoms with Crippen LogP contribution in [0.15, 0.2) is 237 Å². The highest BCUT2D eigenvalue weighted by Gasteiger charge is 2.19. The van der Waals surface area contributed by atoms with Crippen molar-refractivity contribution in [2.24, 2.45) is 7.05 Å². The lowest BCUT2D eigenvalue weighted by Crippen LogP contribution is -2.10. The van der Waals surface area contributed by atoms with Crippen molar-refractivity contribution in [1.29, 1.82) is 0 Å². The van der Waals surface area contributed by atoms with Crippen LogP contribution in [0.5, 0.6) is 0 Å². The van der Waals surface area contributed by atoms with E-state index in [1.807, 2.05) is 0 Å². The minimum atomic E-state index is 1.09. The molecule has 0 unspecified atom stereocenters. The fourth-order valence-corrected chi connectivity index (χ4v) is 10.8. The first-order valence-electron chi connectivity index (χ1n) is 23.1. The van der Waals surface area contributed by atoms with Gasteiger partial charge in [-0.1, -0.05) is 170 Å². The first kappa shape index (κ1) is 38.8. The third-order valence-corrected chi connectivity index (χ3v) is 14.1. The molecule has 0 saturated heterocycles.